The summed E-state index contributed by atoms with van der Waals surface area (Å²) in [5.41, 5.74) is 4.06. The lowest BCUT2D eigenvalue weighted by atomic mass is 10.2. The summed E-state index contributed by atoms with van der Waals surface area (Å²) in [5.74, 6) is -0.605. The molecule has 28 heavy (non-hydrogen) atoms. The summed E-state index contributed by atoms with van der Waals surface area (Å²) in [4.78, 5) is 21.4. The van der Waals surface area contributed by atoms with Crippen LogP contribution in [0.25, 0.3) is 16.9 Å². The molecule has 6 nitrogen and oxygen atoms in total. The van der Waals surface area contributed by atoms with E-state index in [1.54, 1.807) is 43.1 Å². The molecule has 4 rings (SSSR count). The van der Waals surface area contributed by atoms with Crippen molar-refractivity contribution in [3.8, 4) is 16.9 Å². The van der Waals surface area contributed by atoms with Gasteiger partial charge in [-0.15, -0.1) is 11.3 Å². The molecule has 0 unspecified atom stereocenters. The van der Waals surface area contributed by atoms with Gasteiger partial charge in [-0.2, -0.15) is 5.10 Å². The van der Waals surface area contributed by atoms with Crippen molar-refractivity contribution < 1.29 is 9.18 Å². The maximum absolute atomic E-state index is 13.2. The summed E-state index contributed by atoms with van der Waals surface area (Å²) < 4.78 is 14.8. The molecule has 1 N–H and O–H groups in total. The fraction of sp³-hybridized carbons (Fsp3) is 0.100. The minimum atomic E-state index is -0.323. The van der Waals surface area contributed by atoms with Crippen molar-refractivity contribution in [3.63, 3.8) is 0 Å². The van der Waals surface area contributed by atoms with Crippen LogP contribution >= 0.6 is 11.3 Å². The van der Waals surface area contributed by atoms with E-state index in [1.165, 1.54) is 23.5 Å². The topological polar surface area (TPSA) is 72.7 Å². The second-order valence-corrected chi connectivity index (χ2v) is 7.03. The van der Waals surface area contributed by atoms with Crippen molar-refractivity contribution in [1.82, 2.24) is 19.7 Å². The number of hydrogen-bond donors (Lipinski definition) is 1. The standard InChI is InChI=1S/C20H16FN5OS/c1-12-18(13(2)26(25-12)16-7-5-15(21)6-8-16)19(27)24-20-23-17(11-28-20)14-4-3-9-22-10-14/h3-11H,1-2H3,(H,23,24,27). The first-order valence-corrected chi connectivity index (χ1v) is 9.40. The molecule has 0 saturated carbocycles. The molecule has 0 fully saturated rings. The molecule has 0 aliphatic heterocycles. The number of nitrogens with zero attached hydrogens (tertiary/aromatic N) is 4. The predicted molar refractivity (Wildman–Crippen MR) is 106 cm³/mol. The van der Waals surface area contributed by atoms with E-state index in [-0.39, 0.29) is 11.7 Å². The first-order chi connectivity index (χ1) is 13.5. The molecule has 3 aromatic heterocycles. The van der Waals surface area contributed by atoms with E-state index in [2.05, 4.69) is 20.4 Å². The molecular weight excluding hydrogens is 377 g/mol. The van der Waals surface area contributed by atoms with E-state index in [1.807, 2.05) is 17.5 Å². The van der Waals surface area contributed by atoms with Gasteiger partial charge in [0, 0.05) is 23.3 Å². The molecule has 0 aliphatic carbocycles. The predicted octanol–water partition coefficient (Wildman–Crippen LogP) is 4.40. The number of halogens is 1. The van der Waals surface area contributed by atoms with Crippen LogP contribution in [0.5, 0.6) is 0 Å². The van der Waals surface area contributed by atoms with E-state index in [9.17, 15) is 9.18 Å². The highest BCUT2D eigenvalue weighted by Crippen LogP contribution is 2.25. The molecule has 8 heteroatoms. The Bertz CT molecular complexity index is 1140. The molecule has 0 atom stereocenters. The number of pyridine rings is 1. The monoisotopic (exact) mass is 393 g/mol. The molecule has 0 aliphatic rings. The second kappa shape index (κ2) is 7.32. The molecule has 3 heterocycles. The SMILES string of the molecule is Cc1nn(-c2ccc(F)cc2)c(C)c1C(=O)Nc1nc(-c2cccnc2)cs1. The smallest absolute Gasteiger partial charge is 0.261 e. The molecule has 140 valence electrons. The van der Waals surface area contributed by atoms with Crippen LogP contribution < -0.4 is 5.32 Å². The average molecular weight is 393 g/mol. The number of aryl methyl sites for hydroxylation is 1. The van der Waals surface area contributed by atoms with Gasteiger partial charge in [0.05, 0.1) is 28.3 Å². The summed E-state index contributed by atoms with van der Waals surface area (Å²) in [7, 11) is 0. The summed E-state index contributed by atoms with van der Waals surface area (Å²) in [6.07, 6.45) is 3.42. The summed E-state index contributed by atoms with van der Waals surface area (Å²) in [5, 5.41) is 9.64. The van der Waals surface area contributed by atoms with Crippen molar-refractivity contribution in [2.45, 2.75) is 13.8 Å². The molecule has 0 radical (unpaired) electrons. The Morgan fingerprint density at radius 1 is 1.18 bits per heavy atom. The number of nitrogens with one attached hydrogen (secondary N) is 1. The Morgan fingerprint density at radius 2 is 1.96 bits per heavy atom. The molecular formula is C20H16FN5OS. The van der Waals surface area contributed by atoms with Gasteiger partial charge in [-0.3, -0.25) is 15.1 Å². The minimum Gasteiger partial charge on any atom is -0.298 e. The van der Waals surface area contributed by atoms with Crippen LogP contribution in [0.15, 0.2) is 54.2 Å². The Balaban J connectivity index is 1.59. The van der Waals surface area contributed by atoms with Gasteiger partial charge in [0.15, 0.2) is 5.13 Å². The number of aromatic nitrogens is 4. The normalized spacial score (nSPS) is 10.8. The Hall–Kier alpha value is -3.39. The third kappa shape index (κ3) is 3.41. The van der Waals surface area contributed by atoms with E-state index >= 15 is 0 Å². The van der Waals surface area contributed by atoms with Crippen molar-refractivity contribution in [2.24, 2.45) is 0 Å². The van der Waals surface area contributed by atoms with Gasteiger partial charge in [-0.05, 0) is 50.2 Å². The molecule has 1 aromatic carbocycles. The Labute approximate surface area is 164 Å². The van der Waals surface area contributed by atoms with Gasteiger partial charge in [0.1, 0.15) is 5.82 Å². The Kier molecular flexibility index (Phi) is 4.70. The maximum Gasteiger partial charge on any atom is 0.261 e. The lowest BCUT2D eigenvalue weighted by Gasteiger charge is -2.05. The number of thiazole rings is 1. The third-order valence-corrected chi connectivity index (χ3v) is 5.03. The highest BCUT2D eigenvalue weighted by atomic mass is 32.1. The van der Waals surface area contributed by atoms with Gasteiger partial charge in [0.25, 0.3) is 5.91 Å². The molecule has 0 spiro atoms. The zero-order valence-electron chi connectivity index (χ0n) is 15.2. The second-order valence-electron chi connectivity index (χ2n) is 6.17. The van der Waals surface area contributed by atoms with Crippen molar-refractivity contribution in [2.75, 3.05) is 5.32 Å². The van der Waals surface area contributed by atoms with Gasteiger partial charge >= 0.3 is 0 Å². The van der Waals surface area contributed by atoms with Gasteiger partial charge in [-0.25, -0.2) is 14.1 Å². The summed E-state index contributed by atoms with van der Waals surface area (Å²) >= 11 is 1.34. The van der Waals surface area contributed by atoms with Crippen molar-refractivity contribution in [3.05, 3.63) is 76.9 Å². The quantitative estimate of drug-likeness (QED) is 0.558. The zero-order valence-corrected chi connectivity index (χ0v) is 16.0. The average Bonchev–Trinajstić information content (AvgIpc) is 3.27. The highest BCUT2D eigenvalue weighted by Gasteiger charge is 2.20. The van der Waals surface area contributed by atoms with Gasteiger partial charge < -0.3 is 0 Å². The van der Waals surface area contributed by atoms with E-state index < -0.39 is 0 Å². The third-order valence-electron chi connectivity index (χ3n) is 4.27. The number of amides is 1. The lowest BCUT2D eigenvalue weighted by Crippen LogP contribution is -2.14. The molecule has 0 bridgehead atoms. The number of hydrogen-bond acceptors (Lipinski definition) is 5. The fourth-order valence-corrected chi connectivity index (χ4v) is 3.66. The largest absolute Gasteiger partial charge is 0.298 e. The van der Waals surface area contributed by atoms with Crippen LogP contribution in [0.1, 0.15) is 21.7 Å². The minimum absolute atomic E-state index is 0.282. The fourth-order valence-electron chi connectivity index (χ4n) is 2.94. The maximum atomic E-state index is 13.2. The number of benzene rings is 1. The number of rotatable bonds is 4. The van der Waals surface area contributed by atoms with Crippen molar-refractivity contribution >= 4 is 22.4 Å². The van der Waals surface area contributed by atoms with Crippen LogP contribution in [0.2, 0.25) is 0 Å². The van der Waals surface area contributed by atoms with E-state index in [0.717, 1.165) is 11.3 Å². The van der Waals surface area contributed by atoms with Crippen molar-refractivity contribution in [1.29, 1.82) is 0 Å². The number of anilines is 1. The highest BCUT2D eigenvalue weighted by molar-refractivity contribution is 7.14. The molecule has 0 saturated heterocycles. The summed E-state index contributed by atoms with van der Waals surface area (Å²) in [6, 6.07) is 9.72. The van der Waals surface area contributed by atoms with Crippen LogP contribution in [-0.2, 0) is 0 Å². The van der Waals surface area contributed by atoms with Gasteiger partial charge in [-0.1, -0.05) is 0 Å². The van der Waals surface area contributed by atoms with E-state index in [4.69, 9.17) is 0 Å². The Morgan fingerprint density at radius 3 is 2.68 bits per heavy atom. The first kappa shape index (κ1) is 18.0. The van der Waals surface area contributed by atoms with Crippen LogP contribution in [-0.4, -0.2) is 25.7 Å². The first-order valence-electron chi connectivity index (χ1n) is 8.52. The van der Waals surface area contributed by atoms with E-state index in [0.29, 0.717) is 27.8 Å². The van der Waals surface area contributed by atoms with Crippen LogP contribution in [0.4, 0.5) is 9.52 Å². The zero-order chi connectivity index (χ0) is 19.7. The van der Waals surface area contributed by atoms with Crippen LogP contribution in [0, 0.1) is 19.7 Å². The number of carbonyl (C=O) groups is 1. The van der Waals surface area contributed by atoms with Gasteiger partial charge in [0.2, 0.25) is 0 Å². The lowest BCUT2D eigenvalue weighted by molar-refractivity contribution is 0.102. The molecule has 1 amide bonds. The molecule has 4 aromatic rings. The van der Waals surface area contributed by atoms with Crippen LogP contribution in [0.3, 0.4) is 0 Å². The number of carbonyl (C=O) groups excluding carboxylic acids is 1. The summed E-state index contributed by atoms with van der Waals surface area (Å²) in [6.45, 7) is 3.58.